The van der Waals surface area contributed by atoms with E-state index in [0.29, 0.717) is 19.0 Å². The van der Waals surface area contributed by atoms with Gasteiger partial charge in [0.25, 0.3) is 0 Å². The maximum atomic E-state index is 13.5. The molecular formula is C29H34ClN3O2. The van der Waals surface area contributed by atoms with Crippen LogP contribution in [0, 0.1) is 11.3 Å². The molecule has 1 saturated heterocycles. The quantitative estimate of drug-likeness (QED) is 0.414. The number of carbonyl (C=O) groups is 2. The zero-order valence-electron chi connectivity index (χ0n) is 20.8. The predicted octanol–water partition coefficient (Wildman–Crippen LogP) is 6.02. The van der Waals surface area contributed by atoms with Gasteiger partial charge in [-0.25, -0.2) is 0 Å². The monoisotopic (exact) mass is 491 g/mol. The SMILES string of the molecule is CC(C)[C@@H](NC(=O)/C=C/c1c[nH]c2ccccc12)C(=O)N1CCC(c2ccc(Cl)cc2)C(C)(C)C1. The summed E-state index contributed by atoms with van der Waals surface area (Å²) < 4.78 is 0. The van der Waals surface area contributed by atoms with Crippen molar-refractivity contribution in [3.63, 3.8) is 0 Å². The van der Waals surface area contributed by atoms with Gasteiger partial charge >= 0.3 is 0 Å². The second-order valence-corrected chi connectivity index (χ2v) is 10.9. The molecule has 184 valence electrons. The van der Waals surface area contributed by atoms with Gasteiger partial charge in [-0.05, 0) is 59.1 Å². The summed E-state index contributed by atoms with van der Waals surface area (Å²) in [5, 5.41) is 4.74. The van der Waals surface area contributed by atoms with Crippen LogP contribution in [0.25, 0.3) is 17.0 Å². The van der Waals surface area contributed by atoms with E-state index in [1.54, 1.807) is 6.08 Å². The standard InChI is InChI=1S/C29H34ClN3O2/c1-19(2)27(32-26(34)14-11-21-17-31-25-8-6-5-7-23(21)25)28(35)33-16-15-24(29(3,4)18-33)20-9-12-22(30)13-10-20/h5-14,17,19,24,27,31H,15-16,18H2,1-4H3,(H,32,34)/b14-11+/t24?,27-/m1/s1. The highest BCUT2D eigenvalue weighted by Crippen LogP contribution is 2.42. The summed E-state index contributed by atoms with van der Waals surface area (Å²) in [5.74, 6) is 0.0363. The van der Waals surface area contributed by atoms with Crippen LogP contribution in [0.1, 0.15) is 51.2 Å². The molecule has 2 heterocycles. The molecule has 1 unspecified atom stereocenters. The Bertz CT molecular complexity index is 1230. The number of para-hydroxylation sites is 1. The number of halogens is 1. The highest BCUT2D eigenvalue weighted by Gasteiger charge is 2.40. The van der Waals surface area contributed by atoms with E-state index >= 15 is 0 Å². The van der Waals surface area contributed by atoms with Gasteiger partial charge in [0.2, 0.25) is 11.8 Å². The molecule has 3 aromatic rings. The number of aromatic amines is 1. The van der Waals surface area contributed by atoms with Crippen molar-refractivity contribution in [2.75, 3.05) is 13.1 Å². The van der Waals surface area contributed by atoms with Crippen LogP contribution in [0.2, 0.25) is 5.02 Å². The Hall–Kier alpha value is -3.05. The molecule has 0 spiro atoms. The predicted molar refractivity (Wildman–Crippen MR) is 143 cm³/mol. The molecule has 1 aromatic heterocycles. The van der Waals surface area contributed by atoms with E-state index in [1.165, 1.54) is 11.6 Å². The van der Waals surface area contributed by atoms with Crippen LogP contribution < -0.4 is 5.32 Å². The Labute approximate surface area is 212 Å². The first-order valence-electron chi connectivity index (χ1n) is 12.2. The summed E-state index contributed by atoms with van der Waals surface area (Å²) in [6, 6.07) is 15.4. The number of likely N-dealkylation sites (tertiary alicyclic amines) is 1. The average molecular weight is 492 g/mol. The molecule has 6 heteroatoms. The maximum Gasteiger partial charge on any atom is 0.245 e. The van der Waals surface area contributed by atoms with Gasteiger partial charge in [-0.1, -0.05) is 69.6 Å². The molecule has 2 atom stereocenters. The number of aromatic nitrogens is 1. The van der Waals surface area contributed by atoms with Crippen LogP contribution in [0.5, 0.6) is 0 Å². The van der Waals surface area contributed by atoms with Crippen molar-refractivity contribution in [2.45, 2.75) is 46.1 Å². The minimum Gasteiger partial charge on any atom is -0.361 e. The van der Waals surface area contributed by atoms with Crippen LogP contribution in [0.4, 0.5) is 0 Å². The third-order valence-electron chi connectivity index (χ3n) is 7.08. The van der Waals surface area contributed by atoms with Crippen molar-refractivity contribution in [1.29, 1.82) is 0 Å². The molecular weight excluding hydrogens is 458 g/mol. The molecule has 1 aliphatic rings. The van der Waals surface area contributed by atoms with Gasteiger partial charge in [-0.15, -0.1) is 0 Å². The minimum atomic E-state index is -0.571. The first-order chi connectivity index (χ1) is 16.7. The summed E-state index contributed by atoms with van der Waals surface area (Å²) in [7, 11) is 0. The third-order valence-corrected chi connectivity index (χ3v) is 7.33. The second-order valence-electron chi connectivity index (χ2n) is 10.5. The third kappa shape index (κ3) is 5.62. The first-order valence-corrected chi connectivity index (χ1v) is 12.6. The van der Waals surface area contributed by atoms with E-state index in [4.69, 9.17) is 11.6 Å². The number of nitrogens with one attached hydrogen (secondary N) is 2. The van der Waals surface area contributed by atoms with E-state index in [2.05, 4.69) is 36.3 Å². The lowest BCUT2D eigenvalue weighted by atomic mass is 9.70. The Morgan fingerprint density at radius 3 is 2.54 bits per heavy atom. The Kier molecular flexibility index (Phi) is 7.36. The molecule has 5 nitrogen and oxygen atoms in total. The minimum absolute atomic E-state index is 0.0172. The van der Waals surface area contributed by atoms with Crippen LogP contribution in [0.15, 0.2) is 60.8 Å². The van der Waals surface area contributed by atoms with Gasteiger partial charge in [0.15, 0.2) is 0 Å². The number of hydrogen-bond acceptors (Lipinski definition) is 2. The average Bonchev–Trinajstić information content (AvgIpc) is 3.24. The number of nitrogens with zero attached hydrogens (tertiary/aromatic N) is 1. The fraction of sp³-hybridized carbons (Fsp3) is 0.379. The lowest BCUT2D eigenvalue weighted by Crippen LogP contribution is -2.55. The van der Waals surface area contributed by atoms with Crippen LogP contribution in [-0.4, -0.2) is 40.8 Å². The molecule has 1 fully saturated rings. The number of rotatable bonds is 6. The Morgan fingerprint density at radius 1 is 1.14 bits per heavy atom. The van der Waals surface area contributed by atoms with Crippen molar-refractivity contribution >= 4 is 40.4 Å². The normalized spacial score (nSPS) is 18.8. The molecule has 1 aliphatic heterocycles. The summed E-state index contributed by atoms with van der Waals surface area (Å²) in [4.78, 5) is 31.4. The largest absolute Gasteiger partial charge is 0.361 e. The molecule has 2 N–H and O–H groups in total. The second kappa shape index (κ2) is 10.3. The van der Waals surface area contributed by atoms with Gasteiger partial charge in [0, 0.05) is 41.3 Å². The zero-order valence-corrected chi connectivity index (χ0v) is 21.6. The molecule has 35 heavy (non-hydrogen) atoms. The molecule has 2 amide bonds. The molecule has 0 saturated carbocycles. The van der Waals surface area contributed by atoms with E-state index < -0.39 is 6.04 Å². The number of fused-ring (bicyclic) bond motifs is 1. The van der Waals surface area contributed by atoms with E-state index in [-0.39, 0.29) is 23.1 Å². The summed E-state index contributed by atoms with van der Waals surface area (Å²) in [5.41, 5.74) is 3.12. The number of H-pyrrole nitrogens is 1. The van der Waals surface area contributed by atoms with Gasteiger partial charge < -0.3 is 15.2 Å². The van der Waals surface area contributed by atoms with Crippen LogP contribution >= 0.6 is 11.6 Å². The fourth-order valence-corrected chi connectivity index (χ4v) is 5.29. The van der Waals surface area contributed by atoms with E-state index in [0.717, 1.165) is 27.9 Å². The van der Waals surface area contributed by atoms with Crippen molar-refractivity contribution in [3.05, 3.63) is 77.0 Å². The highest BCUT2D eigenvalue weighted by atomic mass is 35.5. The van der Waals surface area contributed by atoms with Gasteiger partial charge in [0.1, 0.15) is 6.04 Å². The molecule has 0 aliphatic carbocycles. The lowest BCUT2D eigenvalue weighted by molar-refractivity contribution is -0.140. The van der Waals surface area contributed by atoms with Crippen LogP contribution in [0.3, 0.4) is 0 Å². The lowest BCUT2D eigenvalue weighted by Gasteiger charge is -2.45. The van der Waals surface area contributed by atoms with Gasteiger partial charge in [-0.2, -0.15) is 0 Å². The first kappa shape index (κ1) is 25.1. The van der Waals surface area contributed by atoms with Gasteiger partial charge in [0.05, 0.1) is 0 Å². The highest BCUT2D eigenvalue weighted by molar-refractivity contribution is 6.30. The molecule has 4 rings (SSSR count). The number of hydrogen-bond donors (Lipinski definition) is 2. The Balaban J connectivity index is 1.43. The summed E-state index contributed by atoms with van der Waals surface area (Å²) in [6.45, 7) is 9.66. The van der Waals surface area contributed by atoms with E-state index in [1.807, 2.05) is 61.3 Å². The zero-order chi connectivity index (χ0) is 25.2. The molecule has 2 aromatic carbocycles. The number of carbonyl (C=O) groups excluding carboxylic acids is 2. The molecule has 0 bridgehead atoms. The summed E-state index contributed by atoms with van der Waals surface area (Å²) >= 11 is 6.08. The maximum absolute atomic E-state index is 13.5. The number of amides is 2. The van der Waals surface area contributed by atoms with Crippen LogP contribution in [-0.2, 0) is 9.59 Å². The Morgan fingerprint density at radius 2 is 1.86 bits per heavy atom. The van der Waals surface area contributed by atoms with Crippen molar-refractivity contribution < 1.29 is 9.59 Å². The van der Waals surface area contributed by atoms with E-state index in [9.17, 15) is 9.59 Å². The smallest absolute Gasteiger partial charge is 0.245 e. The van der Waals surface area contributed by atoms with Crippen molar-refractivity contribution in [3.8, 4) is 0 Å². The van der Waals surface area contributed by atoms with Gasteiger partial charge in [-0.3, -0.25) is 9.59 Å². The summed E-state index contributed by atoms with van der Waals surface area (Å²) in [6.07, 6.45) is 6.05. The fourth-order valence-electron chi connectivity index (χ4n) is 5.17. The van der Waals surface area contributed by atoms with Crippen molar-refractivity contribution in [1.82, 2.24) is 15.2 Å². The topological polar surface area (TPSA) is 65.2 Å². The van der Waals surface area contributed by atoms with Crippen molar-refractivity contribution in [2.24, 2.45) is 11.3 Å². The number of benzene rings is 2. The molecule has 0 radical (unpaired) electrons. The number of piperidine rings is 1.